The summed E-state index contributed by atoms with van der Waals surface area (Å²) in [5.41, 5.74) is 4.07. The van der Waals surface area contributed by atoms with Gasteiger partial charge in [-0.1, -0.05) is 0 Å². The van der Waals surface area contributed by atoms with E-state index in [4.69, 9.17) is 5.26 Å². The molecule has 19 heavy (non-hydrogen) atoms. The number of aryl methyl sites for hydroxylation is 1. The Bertz CT molecular complexity index is 769. The summed E-state index contributed by atoms with van der Waals surface area (Å²) in [7, 11) is 0. The van der Waals surface area contributed by atoms with Crippen LogP contribution in [-0.4, -0.2) is 24.3 Å². The van der Waals surface area contributed by atoms with E-state index in [0.717, 1.165) is 21.5 Å². The van der Waals surface area contributed by atoms with Crippen LogP contribution < -0.4 is 4.59 Å². The summed E-state index contributed by atoms with van der Waals surface area (Å²) in [5.74, 6) is 0. The van der Waals surface area contributed by atoms with Crippen molar-refractivity contribution in [2.24, 2.45) is 0 Å². The number of fused-ring (bicyclic) bond motifs is 1. The average Bonchev–Trinajstić information content (AvgIpc) is 2.78. The summed E-state index contributed by atoms with van der Waals surface area (Å²) in [5, 5.41) is 9.06. The Morgan fingerprint density at radius 2 is 2.00 bits per heavy atom. The van der Waals surface area contributed by atoms with Crippen molar-refractivity contribution < 1.29 is 0 Å². The number of pyridine rings is 1. The van der Waals surface area contributed by atoms with Crippen molar-refractivity contribution in [1.29, 1.82) is 5.26 Å². The summed E-state index contributed by atoms with van der Waals surface area (Å²) in [6, 6.07) is 14.1. The molecular weight excluding hydrogens is 301 g/mol. The van der Waals surface area contributed by atoms with Crippen molar-refractivity contribution in [2.45, 2.75) is 6.92 Å². The quantitative estimate of drug-likeness (QED) is 0.680. The van der Waals surface area contributed by atoms with Crippen molar-refractivity contribution in [3.63, 3.8) is 0 Å². The van der Waals surface area contributed by atoms with Gasteiger partial charge in [0.15, 0.2) is 0 Å². The third-order valence-corrected chi connectivity index (χ3v) is 4.34. The minimum absolute atomic E-state index is 0.236. The Morgan fingerprint density at radius 1 is 1.21 bits per heavy atom. The number of imidazole rings is 1. The van der Waals surface area contributed by atoms with Gasteiger partial charge in [-0.15, -0.1) is 0 Å². The zero-order chi connectivity index (χ0) is 13.2. The molecule has 92 valence electrons. The molecule has 0 atom stereocenters. The van der Waals surface area contributed by atoms with Gasteiger partial charge < -0.3 is 0 Å². The number of hydrogen-bond donors (Lipinski definition) is 0. The minimum atomic E-state index is -0.236. The average molecular weight is 312 g/mol. The van der Waals surface area contributed by atoms with Crippen LogP contribution in [0.3, 0.4) is 0 Å². The summed E-state index contributed by atoms with van der Waals surface area (Å²) < 4.78 is 3.04. The van der Waals surface area contributed by atoms with Crippen molar-refractivity contribution in [1.82, 2.24) is 9.38 Å². The van der Waals surface area contributed by atoms with E-state index in [2.05, 4.69) is 9.95 Å². The summed E-state index contributed by atoms with van der Waals surface area (Å²) in [4.78, 5) is 6.98. The maximum absolute atomic E-state index is 9.06. The van der Waals surface area contributed by atoms with Crippen LogP contribution in [-0.2, 0) is 0 Å². The van der Waals surface area contributed by atoms with Crippen molar-refractivity contribution in [3.05, 3.63) is 54.2 Å². The monoisotopic (exact) mass is 313 g/mol. The first-order valence-electron chi connectivity index (χ1n) is 5.89. The van der Waals surface area contributed by atoms with E-state index >= 15 is 0 Å². The van der Waals surface area contributed by atoms with Gasteiger partial charge in [0, 0.05) is 0 Å². The van der Waals surface area contributed by atoms with Gasteiger partial charge in [0.1, 0.15) is 0 Å². The normalized spacial score (nSPS) is 10.5. The standard InChI is InChI=1S/C15H11N3Se/c1-11-7-8-18-13(9-11)17-14(15(18)19-10-16)12-5-3-2-4-6-12/h2-9H,1H3. The fourth-order valence-electron chi connectivity index (χ4n) is 2.05. The van der Waals surface area contributed by atoms with E-state index in [-0.39, 0.29) is 15.0 Å². The molecule has 0 unspecified atom stereocenters. The van der Waals surface area contributed by atoms with Crippen LogP contribution in [0.1, 0.15) is 5.56 Å². The molecule has 0 N–H and O–H groups in total. The van der Waals surface area contributed by atoms with Crippen molar-refractivity contribution in [2.75, 3.05) is 0 Å². The molecule has 3 aromatic rings. The zero-order valence-corrected chi connectivity index (χ0v) is 12.1. The Morgan fingerprint density at radius 3 is 2.74 bits per heavy atom. The van der Waals surface area contributed by atoms with Crippen LogP contribution in [0, 0.1) is 17.2 Å². The summed E-state index contributed by atoms with van der Waals surface area (Å²) >= 11 is -0.236. The zero-order valence-electron chi connectivity index (χ0n) is 10.4. The molecular formula is C15H11N3Se. The fraction of sp³-hybridized carbons (Fsp3) is 0.0667. The maximum atomic E-state index is 9.06. The third kappa shape index (κ3) is 2.15. The van der Waals surface area contributed by atoms with Gasteiger partial charge in [-0.05, 0) is 0 Å². The van der Waals surface area contributed by atoms with Gasteiger partial charge >= 0.3 is 117 Å². The molecule has 2 aromatic heterocycles. The number of nitriles is 1. The molecule has 0 aliphatic carbocycles. The molecule has 4 heteroatoms. The van der Waals surface area contributed by atoms with Crippen molar-refractivity contribution in [3.8, 4) is 16.2 Å². The SMILES string of the molecule is Cc1ccn2c([Se]C#N)c(-c3ccccc3)nc2c1. The number of hydrogen-bond acceptors (Lipinski definition) is 2. The van der Waals surface area contributed by atoms with E-state index in [9.17, 15) is 0 Å². The first kappa shape index (κ1) is 12.0. The Labute approximate surface area is 117 Å². The predicted octanol–water partition coefficient (Wildman–Crippen LogP) is 2.12. The Hall–Kier alpha value is -2.08. The van der Waals surface area contributed by atoms with Crippen LogP contribution in [0.5, 0.6) is 0 Å². The Kier molecular flexibility index (Phi) is 3.08. The number of rotatable bonds is 2. The molecule has 0 bridgehead atoms. The molecule has 0 saturated carbocycles. The summed E-state index contributed by atoms with van der Waals surface area (Å²) in [6.45, 7) is 2.05. The van der Waals surface area contributed by atoms with Crippen molar-refractivity contribution >= 4 is 25.2 Å². The van der Waals surface area contributed by atoms with Gasteiger partial charge in [0.25, 0.3) is 0 Å². The molecule has 0 saturated heterocycles. The van der Waals surface area contributed by atoms with Crippen LogP contribution >= 0.6 is 0 Å². The van der Waals surface area contributed by atoms with E-state index < -0.39 is 0 Å². The Balaban J connectivity index is 2.29. The van der Waals surface area contributed by atoms with E-state index in [1.807, 2.05) is 60.0 Å². The van der Waals surface area contributed by atoms with Gasteiger partial charge in [0.2, 0.25) is 0 Å². The van der Waals surface area contributed by atoms with E-state index in [1.54, 1.807) is 0 Å². The van der Waals surface area contributed by atoms with Gasteiger partial charge in [-0.2, -0.15) is 0 Å². The second-order valence-corrected chi connectivity index (χ2v) is 5.88. The van der Waals surface area contributed by atoms with Crippen LogP contribution in [0.25, 0.3) is 16.9 Å². The predicted molar refractivity (Wildman–Crippen MR) is 76.4 cm³/mol. The molecule has 3 rings (SSSR count). The number of benzene rings is 1. The molecule has 0 fully saturated rings. The molecule has 3 nitrogen and oxygen atoms in total. The molecule has 1 aromatic carbocycles. The first-order chi connectivity index (χ1) is 9.29. The second kappa shape index (κ2) is 4.89. The van der Waals surface area contributed by atoms with Crippen LogP contribution in [0.4, 0.5) is 0 Å². The van der Waals surface area contributed by atoms with E-state index in [1.165, 1.54) is 5.56 Å². The molecule has 0 radical (unpaired) electrons. The second-order valence-electron chi connectivity index (χ2n) is 4.26. The van der Waals surface area contributed by atoms with Gasteiger partial charge in [0.05, 0.1) is 0 Å². The molecule has 2 heterocycles. The topological polar surface area (TPSA) is 41.1 Å². The first-order valence-corrected chi connectivity index (χ1v) is 7.61. The number of nitrogens with zero attached hydrogens (tertiary/aromatic N) is 3. The van der Waals surface area contributed by atoms with Gasteiger partial charge in [-0.25, -0.2) is 0 Å². The van der Waals surface area contributed by atoms with Crippen LogP contribution in [0.2, 0.25) is 0 Å². The molecule has 0 amide bonds. The number of aromatic nitrogens is 2. The van der Waals surface area contributed by atoms with E-state index in [0.29, 0.717) is 0 Å². The van der Waals surface area contributed by atoms with Crippen LogP contribution in [0.15, 0.2) is 48.7 Å². The fourth-order valence-corrected chi connectivity index (χ4v) is 3.31. The van der Waals surface area contributed by atoms with Gasteiger partial charge in [-0.3, -0.25) is 0 Å². The molecule has 0 aliphatic rings. The third-order valence-electron chi connectivity index (χ3n) is 2.93. The molecule has 0 spiro atoms. The molecule has 0 aliphatic heterocycles. The summed E-state index contributed by atoms with van der Waals surface area (Å²) in [6.07, 6.45) is 2.00.